The third kappa shape index (κ3) is 3.97. The lowest BCUT2D eigenvalue weighted by atomic mass is 9.93. The summed E-state index contributed by atoms with van der Waals surface area (Å²) in [5.74, 6) is 1.23. The fourth-order valence-corrected chi connectivity index (χ4v) is 3.58. The largest absolute Gasteiger partial charge is 0.496 e. The van der Waals surface area contributed by atoms with Crippen molar-refractivity contribution in [1.82, 2.24) is 0 Å². The van der Waals surface area contributed by atoms with Gasteiger partial charge in [0, 0.05) is 0 Å². The monoisotopic (exact) mass is 348 g/mol. The van der Waals surface area contributed by atoms with Gasteiger partial charge in [-0.25, -0.2) is 0 Å². The Bertz CT molecular complexity index is 829. The molecule has 4 nitrogen and oxygen atoms in total. The lowest BCUT2D eigenvalue weighted by Gasteiger charge is -2.16. The minimum absolute atomic E-state index is 0.0566. The highest BCUT2D eigenvalue weighted by molar-refractivity contribution is 7.85. The number of benzene rings is 2. The van der Waals surface area contributed by atoms with E-state index in [-0.39, 0.29) is 4.90 Å². The Labute approximate surface area is 144 Å². The maximum atomic E-state index is 11.3. The van der Waals surface area contributed by atoms with E-state index in [4.69, 9.17) is 4.74 Å². The molecule has 2 aromatic carbocycles. The number of aryl methyl sites for hydroxylation is 2. The summed E-state index contributed by atoms with van der Waals surface area (Å²) in [5, 5.41) is 0. The SMILES string of the molecule is COc1ccc(Cc2c(C)cc(S(=O)(=O)O)cc2C)cc1C(C)C. The number of hydrogen-bond acceptors (Lipinski definition) is 3. The molecule has 0 spiro atoms. The molecule has 0 unspecified atom stereocenters. The van der Waals surface area contributed by atoms with Crippen LogP contribution in [-0.4, -0.2) is 20.1 Å². The molecule has 1 N–H and O–H groups in total. The number of hydrogen-bond donors (Lipinski definition) is 1. The van der Waals surface area contributed by atoms with Crippen molar-refractivity contribution in [2.45, 2.75) is 44.9 Å². The molecule has 0 radical (unpaired) electrons. The molecule has 0 amide bonds. The Morgan fingerprint density at radius 2 is 1.67 bits per heavy atom. The average molecular weight is 348 g/mol. The third-order valence-corrected chi connectivity index (χ3v) is 5.10. The summed E-state index contributed by atoms with van der Waals surface area (Å²) in [7, 11) is -2.51. The van der Waals surface area contributed by atoms with Crippen LogP contribution in [0.4, 0.5) is 0 Å². The molecule has 0 aromatic heterocycles. The summed E-state index contributed by atoms with van der Waals surface area (Å²) in [5.41, 5.74) is 5.07. The summed E-state index contributed by atoms with van der Waals surface area (Å²) < 4.78 is 37.3. The summed E-state index contributed by atoms with van der Waals surface area (Å²) in [6, 6.07) is 9.18. The minimum Gasteiger partial charge on any atom is -0.496 e. The summed E-state index contributed by atoms with van der Waals surface area (Å²) >= 11 is 0. The maximum Gasteiger partial charge on any atom is 0.294 e. The molecular weight excluding hydrogens is 324 g/mol. The first kappa shape index (κ1) is 18.5. The van der Waals surface area contributed by atoms with Crippen LogP contribution in [0, 0.1) is 13.8 Å². The molecule has 0 bridgehead atoms. The molecule has 0 saturated heterocycles. The predicted molar refractivity (Wildman–Crippen MR) is 95.6 cm³/mol. The standard InChI is InChI=1S/C19H24O4S/c1-12(2)17-10-15(6-7-19(17)23-5)11-18-13(3)8-16(9-14(18)4)24(20,21)22/h6-10,12H,11H2,1-5H3,(H,20,21,22). The Morgan fingerprint density at radius 3 is 2.12 bits per heavy atom. The zero-order valence-electron chi connectivity index (χ0n) is 14.8. The first-order valence-electron chi connectivity index (χ1n) is 7.88. The van der Waals surface area contributed by atoms with Crippen LogP contribution in [0.2, 0.25) is 0 Å². The molecule has 0 saturated carbocycles. The van der Waals surface area contributed by atoms with Crippen LogP contribution in [-0.2, 0) is 16.5 Å². The van der Waals surface area contributed by atoms with Crippen molar-refractivity contribution in [3.63, 3.8) is 0 Å². The number of methoxy groups -OCH3 is 1. The lowest BCUT2D eigenvalue weighted by Crippen LogP contribution is -2.04. The van der Waals surface area contributed by atoms with Gasteiger partial charge in [0.15, 0.2) is 0 Å². The molecule has 130 valence electrons. The second-order valence-electron chi connectivity index (χ2n) is 6.42. The van der Waals surface area contributed by atoms with Crippen molar-refractivity contribution in [2.24, 2.45) is 0 Å². The summed E-state index contributed by atoms with van der Waals surface area (Å²) in [6.45, 7) is 7.98. The Kier molecular flexibility index (Phi) is 5.35. The molecule has 0 heterocycles. The fraction of sp³-hybridized carbons (Fsp3) is 0.368. The van der Waals surface area contributed by atoms with Gasteiger partial charge in [-0.05, 0) is 72.2 Å². The molecule has 0 aliphatic rings. The van der Waals surface area contributed by atoms with Gasteiger partial charge < -0.3 is 4.74 Å². The van der Waals surface area contributed by atoms with E-state index >= 15 is 0 Å². The average Bonchev–Trinajstić information content (AvgIpc) is 2.49. The maximum absolute atomic E-state index is 11.3. The summed E-state index contributed by atoms with van der Waals surface area (Å²) in [6.07, 6.45) is 0.702. The third-order valence-electron chi connectivity index (χ3n) is 4.26. The highest BCUT2D eigenvalue weighted by atomic mass is 32.2. The molecule has 0 aliphatic heterocycles. The normalized spacial score (nSPS) is 11.8. The van der Waals surface area contributed by atoms with Crippen molar-refractivity contribution in [1.29, 1.82) is 0 Å². The van der Waals surface area contributed by atoms with E-state index in [1.165, 1.54) is 12.1 Å². The number of ether oxygens (including phenoxy) is 1. The smallest absolute Gasteiger partial charge is 0.294 e. The molecule has 24 heavy (non-hydrogen) atoms. The van der Waals surface area contributed by atoms with E-state index in [2.05, 4.69) is 19.9 Å². The second-order valence-corrected chi connectivity index (χ2v) is 7.84. The molecule has 0 fully saturated rings. The lowest BCUT2D eigenvalue weighted by molar-refractivity contribution is 0.407. The minimum atomic E-state index is -4.18. The molecule has 0 aliphatic carbocycles. The molecular formula is C19H24O4S. The van der Waals surface area contributed by atoms with E-state index in [1.807, 2.05) is 26.0 Å². The van der Waals surface area contributed by atoms with E-state index in [1.54, 1.807) is 7.11 Å². The zero-order chi connectivity index (χ0) is 18.1. The van der Waals surface area contributed by atoms with E-state index < -0.39 is 10.1 Å². The van der Waals surface area contributed by atoms with Gasteiger partial charge in [0.1, 0.15) is 5.75 Å². The van der Waals surface area contributed by atoms with Crippen molar-refractivity contribution in [3.8, 4) is 5.75 Å². The Balaban J connectivity index is 2.44. The molecule has 0 atom stereocenters. The first-order chi connectivity index (χ1) is 11.1. The van der Waals surface area contributed by atoms with Crippen LogP contribution in [0.15, 0.2) is 35.2 Å². The van der Waals surface area contributed by atoms with Gasteiger partial charge in [-0.15, -0.1) is 0 Å². The summed E-state index contributed by atoms with van der Waals surface area (Å²) in [4.78, 5) is -0.0566. The molecule has 5 heteroatoms. The Hall–Kier alpha value is -1.85. The van der Waals surface area contributed by atoms with Gasteiger partial charge in [0.2, 0.25) is 0 Å². The van der Waals surface area contributed by atoms with Crippen molar-refractivity contribution >= 4 is 10.1 Å². The number of rotatable bonds is 5. The van der Waals surface area contributed by atoms with Gasteiger partial charge in [-0.2, -0.15) is 8.42 Å². The van der Waals surface area contributed by atoms with Crippen LogP contribution < -0.4 is 4.74 Å². The highest BCUT2D eigenvalue weighted by Crippen LogP contribution is 2.29. The van der Waals surface area contributed by atoms with Gasteiger partial charge in [-0.1, -0.05) is 26.0 Å². The van der Waals surface area contributed by atoms with Gasteiger partial charge >= 0.3 is 0 Å². The van der Waals surface area contributed by atoms with Gasteiger partial charge in [-0.3, -0.25) is 4.55 Å². The quantitative estimate of drug-likeness (QED) is 0.820. The van der Waals surface area contributed by atoms with Crippen LogP contribution >= 0.6 is 0 Å². The predicted octanol–water partition coefficient (Wildman–Crippen LogP) is 4.27. The van der Waals surface area contributed by atoms with Crippen LogP contribution in [0.1, 0.15) is 47.6 Å². The van der Waals surface area contributed by atoms with Crippen LogP contribution in [0.5, 0.6) is 5.75 Å². The van der Waals surface area contributed by atoms with Crippen molar-refractivity contribution in [2.75, 3.05) is 7.11 Å². The van der Waals surface area contributed by atoms with Gasteiger partial charge in [0.25, 0.3) is 10.1 Å². The van der Waals surface area contributed by atoms with Crippen molar-refractivity contribution in [3.05, 3.63) is 58.1 Å². The highest BCUT2D eigenvalue weighted by Gasteiger charge is 2.15. The second kappa shape index (κ2) is 6.95. The van der Waals surface area contributed by atoms with E-state index in [9.17, 15) is 13.0 Å². The van der Waals surface area contributed by atoms with Crippen LogP contribution in [0.25, 0.3) is 0 Å². The molecule has 2 rings (SSSR count). The van der Waals surface area contributed by atoms with Crippen molar-refractivity contribution < 1.29 is 17.7 Å². The topological polar surface area (TPSA) is 63.6 Å². The Morgan fingerprint density at radius 1 is 1.08 bits per heavy atom. The van der Waals surface area contributed by atoms with Gasteiger partial charge in [0.05, 0.1) is 12.0 Å². The first-order valence-corrected chi connectivity index (χ1v) is 9.32. The van der Waals surface area contributed by atoms with E-state index in [0.717, 1.165) is 33.6 Å². The van der Waals surface area contributed by atoms with E-state index in [0.29, 0.717) is 12.3 Å². The fourth-order valence-electron chi connectivity index (χ4n) is 2.93. The van der Waals surface area contributed by atoms with Crippen LogP contribution in [0.3, 0.4) is 0 Å². The molecule has 2 aromatic rings. The zero-order valence-corrected chi connectivity index (χ0v) is 15.6.